The number of rotatable bonds is 1. The van der Waals surface area contributed by atoms with Gasteiger partial charge in [-0.1, -0.05) is 0 Å². The van der Waals surface area contributed by atoms with Crippen LogP contribution in [-0.2, 0) is 0 Å². The monoisotopic (exact) mass is 162 g/mol. The minimum atomic E-state index is 0.702. The molecule has 1 fully saturated rings. The van der Waals surface area contributed by atoms with Gasteiger partial charge in [0.2, 0.25) is 0 Å². The van der Waals surface area contributed by atoms with Gasteiger partial charge in [0.25, 0.3) is 0 Å². The van der Waals surface area contributed by atoms with E-state index in [-0.39, 0.29) is 0 Å². The van der Waals surface area contributed by atoms with E-state index in [0.717, 1.165) is 5.69 Å². The highest BCUT2D eigenvalue weighted by Crippen LogP contribution is 2.26. The predicted octanol–water partition coefficient (Wildman–Crippen LogP) is 1.87. The zero-order valence-electron chi connectivity index (χ0n) is 7.33. The summed E-state index contributed by atoms with van der Waals surface area (Å²) in [5.41, 5.74) is 7.74. The second kappa shape index (κ2) is 2.70. The maximum atomic E-state index is 5.60. The van der Waals surface area contributed by atoms with Gasteiger partial charge in [0.1, 0.15) is 0 Å². The van der Waals surface area contributed by atoms with E-state index in [1.165, 1.54) is 18.7 Å². The Morgan fingerprint density at radius 2 is 2.00 bits per heavy atom. The van der Waals surface area contributed by atoms with Crippen molar-refractivity contribution in [2.75, 3.05) is 17.2 Å². The van der Waals surface area contributed by atoms with Gasteiger partial charge in [-0.3, -0.25) is 0 Å². The average Bonchev–Trinajstić information content (AvgIpc) is 2.06. The lowest BCUT2D eigenvalue weighted by molar-refractivity contribution is 0.481. The first-order chi connectivity index (χ1) is 5.77. The minimum absolute atomic E-state index is 0.702. The molecule has 2 rings (SSSR count). The standard InChI is InChI=1S/C10H14N2/c1-8-6-7-12(8)10-4-2-9(11)3-5-10/h2-5,8H,6-7,11H2,1H3. The zero-order valence-corrected chi connectivity index (χ0v) is 7.33. The maximum Gasteiger partial charge on any atom is 0.0370 e. The largest absolute Gasteiger partial charge is 0.399 e. The van der Waals surface area contributed by atoms with E-state index in [0.29, 0.717) is 6.04 Å². The van der Waals surface area contributed by atoms with Gasteiger partial charge in [-0.25, -0.2) is 0 Å². The fourth-order valence-electron chi connectivity index (χ4n) is 1.57. The molecular weight excluding hydrogens is 148 g/mol. The first-order valence-electron chi connectivity index (χ1n) is 4.39. The summed E-state index contributed by atoms with van der Waals surface area (Å²) >= 11 is 0. The summed E-state index contributed by atoms with van der Waals surface area (Å²) in [6.07, 6.45) is 1.31. The van der Waals surface area contributed by atoms with E-state index in [2.05, 4.69) is 24.0 Å². The molecule has 1 aromatic rings. The van der Waals surface area contributed by atoms with Crippen LogP contribution in [0.3, 0.4) is 0 Å². The molecule has 1 unspecified atom stereocenters. The van der Waals surface area contributed by atoms with Crippen molar-refractivity contribution >= 4 is 11.4 Å². The first kappa shape index (κ1) is 7.47. The SMILES string of the molecule is CC1CCN1c1ccc(N)cc1. The topological polar surface area (TPSA) is 29.3 Å². The second-order valence-corrected chi connectivity index (χ2v) is 3.42. The van der Waals surface area contributed by atoms with Crippen molar-refractivity contribution in [2.45, 2.75) is 19.4 Å². The third-order valence-corrected chi connectivity index (χ3v) is 2.54. The molecule has 0 amide bonds. The molecule has 2 N–H and O–H groups in total. The Balaban J connectivity index is 2.18. The number of benzene rings is 1. The van der Waals surface area contributed by atoms with Crippen molar-refractivity contribution in [1.82, 2.24) is 0 Å². The van der Waals surface area contributed by atoms with Crippen LogP contribution in [0.5, 0.6) is 0 Å². The summed E-state index contributed by atoms with van der Waals surface area (Å²) in [5, 5.41) is 0. The molecule has 0 aromatic heterocycles. The van der Waals surface area contributed by atoms with Gasteiger partial charge in [0.05, 0.1) is 0 Å². The summed E-state index contributed by atoms with van der Waals surface area (Å²) < 4.78 is 0. The maximum absolute atomic E-state index is 5.60. The van der Waals surface area contributed by atoms with Crippen LogP contribution in [-0.4, -0.2) is 12.6 Å². The lowest BCUT2D eigenvalue weighted by Crippen LogP contribution is -2.45. The Morgan fingerprint density at radius 1 is 1.33 bits per heavy atom. The predicted molar refractivity (Wildman–Crippen MR) is 52.3 cm³/mol. The fraction of sp³-hybridized carbons (Fsp3) is 0.400. The number of nitrogen functional groups attached to an aromatic ring is 1. The molecule has 0 saturated carbocycles. The van der Waals surface area contributed by atoms with Crippen LogP contribution in [0.2, 0.25) is 0 Å². The molecule has 12 heavy (non-hydrogen) atoms. The van der Waals surface area contributed by atoms with Crippen molar-refractivity contribution in [1.29, 1.82) is 0 Å². The normalized spacial score (nSPS) is 22.1. The summed E-state index contributed by atoms with van der Waals surface area (Å²) in [6, 6.07) is 8.80. The molecule has 2 heteroatoms. The van der Waals surface area contributed by atoms with Crippen molar-refractivity contribution in [2.24, 2.45) is 0 Å². The van der Waals surface area contributed by atoms with E-state index >= 15 is 0 Å². The Bertz CT molecular complexity index is 266. The van der Waals surface area contributed by atoms with Crippen LogP contribution >= 0.6 is 0 Å². The third-order valence-electron chi connectivity index (χ3n) is 2.54. The number of hydrogen-bond acceptors (Lipinski definition) is 2. The number of nitrogens with two attached hydrogens (primary N) is 1. The third kappa shape index (κ3) is 1.13. The Hall–Kier alpha value is -1.18. The molecule has 0 bridgehead atoms. The summed E-state index contributed by atoms with van der Waals surface area (Å²) in [7, 11) is 0. The number of nitrogens with zero attached hydrogens (tertiary/aromatic N) is 1. The van der Waals surface area contributed by atoms with Crippen molar-refractivity contribution < 1.29 is 0 Å². The van der Waals surface area contributed by atoms with Gasteiger partial charge in [-0.2, -0.15) is 0 Å². The van der Waals surface area contributed by atoms with Crippen LogP contribution < -0.4 is 10.6 Å². The summed E-state index contributed by atoms with van der Waals surface area (Å²) in [5.74, 6) is 0. The van der Waals surface area contributed by atoms with Crippen LogP contribution in [0.1, 0.15) is 13.3 Å². The highest BCUT2D eigenvalue weighted by atomic mass is 15.2. The van der Waals surface area contributed by atoms with Crippen molar-refractivity contribution in [3.8, 4) is 0 Å². The molecule has 0 radical (unpaired) electrons. The molecular formula is C10H14N2. The Labute approximate surface area is 73.0 Å². The summed E-state index contributed by atoms with van der Waals surface area (Å²) in [4.78, 5) is 2.39. The van der Waals surface area contributed by atoms with Crippen LogP contribution in [0.15, 0.2) is 24.3 Å². The van der Waals surface area contributed by atoms with Gasteiger partial charge in [0.15, 0.2) is 0 Å². The molecule has 1 atom stereocenters. The van der Waals surface area contributed by atoms with E-state index in [9.17, 15) is 0 Å². The van der Waals surface area contributed by atoms with Crippen LogP contribution in [0, 0.1) is 0 Å². The zero-order chi connectivity index (χ0) is 8.55. The average molecular weight is 162 g/mol. The molecule has 1 aliphatic rings. The Morgan fingerprint density at radius 3 is 2.42 bits per heavy atom. The fourth-order valence-corrected chi connectivity index (χ4v) is 1.57. The highest BCUT2D eigenvalue weighted by molar-refractivity contribution is 5.54. The van der Waals surface area contributed by atoms with Gasteiger partial charge >= 0.3 is 0 Å². The molecule has 0 aliphatic carbocycles. The first-order valence-corrected chi connectivity index (χ1v) is 4.39. The van der Waals surface area contributed by atoms with Gasteiger partial charge in [-0.05, 0) is 37.6 Å². The molecule has 1 aromatic carbocycles. The minimum Gasteiger partial charge on any atom is -0.399 e. The second-order valence-electron chi connectivity index (χ2n) is 3.42. The molecule has 0 spiro atoms. The lowest BCUT2D eigenvalue weighted by atomic mass is 10.0. The summed E-state index contributed by atoms with van der Waals surface area (Å²) in [6.45, 7) is 3.44. The van der Waals surface area contributed by atoms with Crippen molar-refractivity contribution in [3.63, 3.8) is 0 Å². The number of hydrogen-bond donors (Lipinski definition) is 1. The van der Waals surface area contributed by atoms with E-state index in [1.807, 2.05) is 12.1 Å². The lowest BCUT2D eigenvalue weighted by Gasteiger charge is -2.40. The van der Waals surface area contributed by atoms with Crippen molar-refractivity contribution in [3.05, 3.63) is 24.3 Å². The van der Waals surface area contributed by atoms with Gasteiger partial charge < -0.3 is 10.6 Å². The quantitative estimate of drug-likeness (QED) is 0.639. The van der Waals surface area contributed by atoms with Crippen LogP contribution in [0.4, 0.5) is 11.4 Å². The smallest absolute Gasteiger partial charge is 0.0370 e. The Kier molecular flexibility index (Phi) is 1.68. The molecule has 1 aliphatic heterocycles. The van der Waals surface area contributed by atoms with Gasteiger partial charge in [-0.15, -0.1) is 0 Å². The van der Waals surface area contributed by atoms with E-state index < -0.39 is 0 Å². The van der Waals surface area contributed by atoms with E-state index in [1.54, 1.807) is 0 Å². The van der Waals surface area contributed by atoms with Gasteiger partial charge in [0, 0.05) is 24.0 Å². The molecule has 2 nitrogen and oxygen atoms in total. The molecule has 64 valence electrons. The number of anilines is 2. The van der Waals surface area contributed by atoms with E-state index in [4.69, 9.17) is 5.73 Å². The highest BCUT2D eigenvalue weighted by Gasteiger charge is 2.22. The molecule has 1 heterocycles. The van der Waals surface area contributed by atoms with Crippen LogP contribution in [0.25, 0.3) is 0 Å². The molecule has 1 saturated heterocycles.